The molecule has 1 N–H and O–H groups in total. The lowest BCUT2D eigenvalue weighted by atomic mass is 10.2. The van der Waals surface area contributed by atoms with Crippen molar-refractivity contribution in [2.45, 2.75) is 32.2 Å². The fraction of sp³-hybridized carbons (Fsp3) is 0.727. The first-order valence-corrected chi connectivity index (χ1v) is 6.19. The number of aryl methyl sites for hydroxylation is 1. The summed E-state index contributed by atoms with van der Waals surface area (Å²) in [6, 6.07) is 0. The van der Waals surface area contributed by atoms with Crippen molar-refractivity contribution in [1.82, 2.24) is 14.9 Å². The molecule has 0 aliphatic rings. The highest BCUT2D eigenvalue weighted by Crippen LogP contribution is 1.95. The quantitative estimate of drug-likeness (QED) is 0.520. The maximum absolute atomic E-state index is 5.59. The van der Waals surface area contributed by atoms with Crippen LogP contribution in [0.3, 0.4) is 0 Å². The normalized spacial score (nSPS) is 10.7. The second-order valence-corrected chi connectivity index (χ2v) is 4.03. The lowest BCUT2D eigenvalue weighted by molar-refractivity contribution is 0.561. The zero-order valence-corrected chi connectivity index (χ0v) is 9.92. The molecule has 0 aliphatic carbocycles. The molecule has 0 radical (unpaired) electrons. The van der Waals surface area contributed by atoms with Gasteiger partial charge in [0.25, 0.3) is 0 Å². The molecule has 1 aromatic heterocycles. The number of hydrogen-bond donors (Lipinski definition) is 1. The predicted octanol–water partition coefficient (Wildman–Crippen LogP) is 2.27. The van der Waals surface area contributed by atoms with Crippen molar-refractivity contribution < 1.29 is 0 Å². The van der Waals surface area contributed by atoms with Gasteiger partial charge in [-0.15, -0.1) is 11.6 Å². The third-order valence-corrected chi connectivity index (χ3v) is 2.58. The van der Waals surface area contributed by atoms with Crippen LogP contribution in [-0.4, -0.2) is 28.5 Å². The third kappa shape index (κ3) is 6.52. The van der Waals surface area contributed by atoms with Crippen molar-refractivity contribution in [2.24, 2.45) is 0 Å². The summed E-state index contributed by atoms with van der Waals surface area (Å²) in [5, 5.41) is 3.43. The number of imidazole rings is 1. The van der Waals surface area contributed by atoms with Gasteiger partial charge in [-0.3, -0.25) is 0 Å². The van der Waals surface area contributed by atoms with Gasteiger partial charge in [0.1, 0.15) is 0 Å². The van der Waals surface area contributed by atoms with Crippen molar-refractivity contribution >= 4 is 11.6 Å². The van der Waals surface area contributed by atoms with E-state index in [1.54, 1.807) is 0 Å². The molecule has 0 spiro atoms. The van der Waals surface area contributed by atoms with Crippen molar-refractivity contribution in [1.29, 1.82) is 0 Å². The van der Waals surface area contributed by atoms with Gasteiger partial charge in [0, 0.05) is 24.8 Å². The number of unbranched alkanes of at least 4 members (excludes halogenated alkanes) is 2. The van der Waals surface area contributed by atoms with Gasteiger partial charge in [0.05, 0.1) is 6.33 Å². The Morgan fingerprint density at radius 3 is 2.73 bits per heavy atom. The molecule has 0 saturated heterocycles. The lowest BCUT2D eigenvalue weighted by Crippen LogP contribution is -2.18. The first kappa shape index (κ1) is 12.5. The van der Waals surface area contributed by atoms with E-state index in [0.717, 1.165) is 38.4 Å². The Morgan fingerprint density at radius 2 is 2.00 bits per heavy atom. The number of halogens is 1. The molecule has 0 aliphatic heterocycles. The highest BCUT2D eigenvalue weighted by molar-refractivity contribution is 6.17. The van der Waals surface area contributed by atoms with Crippen molar-refractivity contribution in [3.8, 4) is 0 Å². The van der Waals surface area contributed by atoms with Gasteiger partial charge in [-0.25, -0.2) is 4.98 Å². The highest BCUT2D eigenvalue weighted by Gasteiger charge is 1.91. The summed E-state index contributed by atoms with van der Waals surface area (Å²) >= 11 is 5.59. The van der Waals surface area contributed by atoms with Gasteiger partial charge in [-0.1, -0.05) is 6.42 Å². The van der Waals surface area contributed by atoms with E-state index in [4.69, 9.17) is 11.6 Å². The molecule has 0 saturated carbocycles. The summed E-state index contributed by atoms with van der Waals surface area (Å²) in [5.41, 5.74) is 0. The minimum atomic E-state index is 0.792. The monoisotopic (exact) mass is 229 g/mol. The molecular formula is C11H20ClN3. The summed E-state index contributed by atoms with van der Waals surface area (Å²) in [6.07, 6.45) is 10.4. The molecule has 0 fully saturated rings. The van der Waals surface area contributed by atoms with Crippen LogP contribution >= 0.6 is 11.6 Å². The van der Waals surface area contributed by atoms with Crippen LogP contribution in [0.5, 0.6) is 0 Å². The Kier molecular flexibility index (Phi) is 7.30. The van der Waals surface area contributed by atoms with Crippen LogP contribution < -0.4 is 5.32 Å². The van der Waals surface area contributed by atoms with Gasteiger partial charge >= 0.3 is 0 Å². The van der Waals surface area contributed by atoms with E-state index in [-0.39, 0.29) is 0 Å². The van der Waals surface area contributed by atoms with Crippen LogP contribution in [0.1, 0.15) is 25.7 Å². The largest absolute Gasteiger partial charge is 0.337 e. The van der Waals surface area contributed by atoms with Crippen molar-refractivity contribution in [3.05, 3.63) is 18.7 Å². The zero-order chi connectivity index (χ0) is 10.8. The summed E-state index contributed by atoms with van der Waals surface area (Å²) < 4.78 is 2.11. The van der Waals surface area contributed by atoms with E-state index in [9.17, 15) is 0 Å². The van der Waals surface area contributed by atoms with E-state index >= 15 is 0 Å². The Labute approximate surface area is 96.8 Å². The Morgan fingerprint density at radius 1 is 1.13 bits per heavy atom. The molecular weight excluding hydrogens is 210 g/mol. The number of alkyl halides is 1. The third-order valence-electron chi connectivity index (χ3n) is 2.32. The maximum Gasteiger partial charge on any atom is 0.0945 e. The molecule has 1 aromatic rings. The minimum Gasteiger partial charge on any atom is -0.337 e. The molecule has 15 heavy (non-hydrogen) atoms. The van der Waals surface area contributed by atoms with Crippen LogP contribution in [0.15, 0.2) is 18.7 Å². The minimum absolute atomic E-state index is 0.792. The van der Waals surface area contributed by atoms with Gasteiger partial charge in [-0.05, 0) is 32.4 Å². The maximum atomic E-state index is 5.59. The number of nitrogens with one attached hydrogen (secondary N) is 1. The van der Waals surface area contributed by atoms with E-state index in [1.807, 2.05) is 18.7 Å². The second-order valence-electron chi connectivity index (χ2n) is 3.65. The number of rotatable bonds is 9. The molecule has 0 unspecified atom stereocenters. The highest BCUT2D eigenvalue weighted by atomic mass is 35.5. The molecule has 4 heteroatoms. The number of nitrogens with zero attached hydrogens (tertiary/aromatic N) is 2. The molecule has 0 bridgehead atoms. The summed E-state index contributed by atoms with van der Waals surface area (Å²) in [5.74, 6) is 0.792. The van der Waals surface area contributed by atoms with Crippen LogP contribution in [-0.2, 0) is 6.54 Å². The fourth-order valence-electron chi connectivity index (χ4n) is 1.45. The summed E-state index contributed by atoms with van der Waals surface area (Å²) in [7, 11) is 0. The summed E-state index contributed by atoms with van der Waals surface area (Å²) in [4.78, 5) is 4.00. The number of hydrogen-bond acceptors (Lipinski definition) is 2. The number of aromatic nitrogens is 2. The second kappa shape index (κ2) is 8.74. The van der Waals surface area contributed by atoms with Crippen LogP contribution in [0, 0.1) is 0 Å². The van der Waals surface area contributed by atoms with Crippen LogP contribution in [0.25, 0.3) is 0 Å². The Hall–Kier alpha value is -0.540. The average molecular weight is 230 g/mol. The molecule has 1 rings (SSSR count). The van der Waals surface area contributed by atoms with E-state index in [0.29, 0.717) is 0 Å². The fourth-order valence-corrected chi connectivity index (χ4v) is 1.64. The SMILES string of the molecule is ClCCCCCNCCCn1ccnc1. The van der Waals surface area contributed by atoms with E-state index in [2.05, 4.69) is 14.9 Å². The summed E-state index contributed by atoms with van der Waals surface area (Å²) in [6.45, 7) is 3.24. The van der Waals surface area contributed by atoms with Gasteiger partial charge in [-0.2, -0.15) is 0 Å². The first-order valence-electron chi connectivity index (χ1n) is 5.66. The lowest BCUT2D eigenvalue weighted by Gasteiger charge is -2.04. The smallest absolute Gasteiger partial charge is 0.0945 e. The average Bonchev–Trinajstić information content (AvgIpc) is 2.75. The molecule has 0 atom stereocenters. The van der Waals surface area contributed by atoms with Gasteiger partial charge in [0.15, 0.2) is 0 Å². The van der Waals surface area contributed by atoms with Crippen LogP contribution in [0.2, 0.25) is 0 Å². The Balaban J connectivity index is 1.81. The topological polar surface area (TPSA) is 29.9 Å². The predicted molar refractivity (Wildman–Crippen MR) is 64.3 cm³/mol. The van der Waals surface area contributed by atoms with Gasteiger partial charge < -0.3 is 9.88 Å². The zero-order valence-electron chi connectivity index (χ0n) is 9.16. The molecule has 3 nitrogen and oxygen atoms in total. The molecule has 0 amide bonds. The molecule has 0 aromatic carbocycles. The van der Waals surface area contributed by atoms with Crippen molar-refractivity contribution in [3.63, 3.8) is 0 Å². The van der Waals surface area contributed by atoms with Crippen molar-refractivity contribution in [2.75, 3.05) is 19.0 Å². The standard InChI is InChI=1S/C11H20ClN3/c12-5-2-1-3-6-13-7-4-9-15-10-8-14-11-15/h8,10-11,13H,1-7,9H2. The Bertz CT molecular complexity index is 224. The van der Waals surface area contributed by atoms with E-state index in [1.165, 1.54) is 12.8 Å². The molecule has 86 valence electrons. The van der Waals surface area contributed by atoms with Gasteiger partial charge in [0.2, 0.25) is 0 Å². The molecule has 1 heterocycles. The van der Waals surface area contributed by atoms with Crippen LogP contribution in [0.4, 0.5) is 0 Å². The first-order chi connectivity index (χ1) is 7.43. The van der Waals surface area contributed by atoms with E-state index < -0.39 is 0 Å².